The van der Waals surface area contributed by atoms with E-state index < -0.39 is 0 Å². The van der Waals surface area contributed by atoms with E-state index >= 15 is 0 Å². The molecule has 0 spiro atoms. The Kier molecular flexibility index (Phi) is 5.19. The van der Waals surface area contributed by atoms with Gasteiger partial charge in [-0.2, -0.15) is 0 Å². The van der Waals surface area contributed by atoms with Crippen LogP contribution in [0.4, 0.5) is 4.39 Å². The number of aryl methyl sites for hydroxylation is 2. The molecule has 2 aromatic rings. The Balaban J connectivity index is 1.87. The van der Waals surface area contributed by atoms with Crippen molar-refractivity contribution in [2.24, 2.45) is 4.99 Å². The maximum atomic E-state index is 14.6. The summed E-state index contributed by atoms with van der Waals surface area (Å²) in [6.07, 6.45) is 0.989. The third-order valence-corrected chi connectivity index (χ3v) is 5.58. The zero-order chi connectivity index (χ0) is 18.0. The first-order valence-electron chi connectivity index (χ1n) is 8.72. The lowest BCUT2D eigenvalue weighted by Crippen LogP contribution is -2.40. The van der Waals surface area contributed by atoms with Crippen molar-refractivity contribution in [3.8, 4) is 0 Å². The van der Waals surface area contributed by atoms with Gasteiger partial charge in [0.1, 0.15) is 11.7 Å². The van der Waals surface area contributed by atoms with Crippen LogP contribution in [0.5, 0.6) is 0 Å². The van der Waals surface area contributed by atoms with E-state index in [0.717, 1.165) is 23.6 Å². The second kappa shape index (κ2) is 7.20. The molecule has 0 aliphatic carbocycles. The lowest BCUT2D eigenvalue weighted by molar-refractivity contribution is 0.506. The Labute approximate surface area is 154 Å². The minimum Gasteiger partial charge on any atom is -0.363 e. The second-order valence-corrected chi connectivity index (χ2v) is 8.19. The summed E-state index contributed by atoms with van der Waals surface area (Å²) in [5, 5.41) is 3.41. The zero-order valence-corrected chi connectivity index (χ0v) is 16.1. The monoisotopic (exact) mass is 356 g/mol. The second-order valence-electron chi connectivity index (χ2n) is 7.20. The summed E-state index contributed by atoms with van der Waals surface area (Å²) in [6, 6.07) is 11.8. The normalized spacial score (nSPS) is 15.8. The molecule has 25 heavy (non-hydrogen) atoms. The summed E-state index contributed by atoms with van der Waals surface area (Å²) in [6.45, 7) is 9.18. The van der Waals surface area contributed by atoms with Gasteiger partial charge in [-0.25, -0.2) is 4.39 Å². The molecule has 132 valence electrons. The Morgan fingerprint density at radius 2 is 2.00 bits per heavy atom. The minimum atomic E-state index is -0.178. The van der Waals surface area contributed by atoms with Gasteiger partial charge in [0.2, 0.25) is 0 Å². The van der Waals surface area contributed by atoms with Gasteiger partial charge in [-0.3, -0.25) is 4.99 Å². The molecule has 0 amide bonds. The molecule has 1 aliphatic rings. The van der Waals surface area contributed by atoms with Gasteiger partial charge in [0, 0.05) is 11.3 Å². The number of aliphatic imine (C=N–C) groups is 1. The first-order valence-corrected chi connectivity index (χ1v) is 9.71. The first-order chi connectivity index (χ1) is 11.9. The van der Waals surface area contributed by atoms with Gasteiger partial charge in [0.25, 0.3) is 0 Å². The van der Waals surface area contributed by atoms with Crippen molar-refractivity contribution in [1.82, 2.24) is 5.32 Å². The largest absolute Gasteiger partial charge is 0.363 e. The molecular weight excluding hydrogens is 331 g/mol. The number of rotatable bonds is 5. The zero-order valence-electron chi connectivity index (χ0n) is 15.3. The molecule has 3 rings (SSSR count). The average molecular weight is 357 g/mol. The van der Waals surface area contributed by atoms with Crippen molar-refractivity contribution in [1.29, 1.82) is 0 Å². The highest BCUT2D eigenvalue weighted by molar-refractivity contribution is 7.98. The van der Waals surface area contributed by atoms with Crippen molar-refractivity contribution in [3.05, 3.63) is 64.5 Å². The number of hydrogen-bond donors (Lipinski definition) is 1. The fraction of sp³-hybridized carbons (Fsp3) is 0.381. The Hall–Kier alpha value is -1.81. The third-order valence-electron chi connectivity index (χ3n) is 4.43. The molecular formula is C21H25FN2S. The third kappa shape index (κ3) is 4.06. The molecule has 1 N–H and O–H groups in total. The number of halogens is 1. The SMILES string of the molecule is CCc1ccc(C)cc1CSc1c(F)cccc1C1=NCC(C)(C)N1. The smallest absolute Gasteiger partial charge is 0.137 e. The Bertz CT molecular complexity index is 812. The van der Waals surface area contributed by atoms with Crippen LogP contribution in [-0.2, 0) is 12.2 Å². The molecule has 2 nitrogen and oxygen atoms in total. The molecule has 0 saturated carbocycles. The summed E-state index contributed by atoms with van der Waals surface area (Å²) in [5.74, 6) is 1.38. The molecule has 1 aliphatic heterocycles. The van der Waals surface area contributed by atoms with Crippen molar-refractivity contribution in [3.63, 3.8) is 0 Å². The Morgan fingerprint density at radius 3 is 2.68 bits per heavy atom. The summed E-state index contributed by atoms with van der Waals surface area (Å²) in [5.41, 5.74) is 4.64. The van der Waals surface area contributed by atoms with E-state index in [9.17, 15) is 4.39 Å². The van der Waals surface area contributed by atoms with Crippen LogP contribution in [0.2, 0.25) is 0 Å². The highest BCUT2D eigenvalue weighted by atomic mass is 32.2. The molecule has 0 bridgehead atoms. The fourth-order valence-corrected chi connectivity index (χ4v) is 4.15. The number of nitrogens with one attached hydrogen (secondary N) is 1. The predicted molar refractivity (Wildman–Crippen MR) is 105 cm³/mol. The molecule has 2 aromatic carbocycles. The van der Waals surface area contributed by atoms with E-state index in [1.165, 1.54) is 22.8 Å². The van der Waals surface area contributed by atoms with Crippen LogP contribution in [0.3, 0.4) is 0 Å². The summed E-state index contributed by atoms with van der Waals surface area (Å²) in [7, 11) is 0. The molecule has 0 unspecified atom stereocenters. The molecule has 1 heterocycles. The van der Waals surface area contributed by atoms with Crippen LogP contribution in [0.15, 0.2) is 46.3 Å². The van der Waals surface area contributed by atoms with Crippen LogP contribution < -0.4 is 5.32 Å². The van der Waals surface area contributed by atoms with Crippen LogP contribution in [0.1, 0.15) is 43.0 Å². The van der Waals surface area contributed by atoms with Crippen molar-refractivity contribution < 1.29 is 4.39 Å². The summed E-state index contributed by atoms with van der Waals surface area (Å²) < 4.78 is 14.6. The number of benzene rings is 2. The van der Waals surface area contributed by atoms with Crippen molar-refractivity contribution in [2.75, 3.05) is 6.54 Å². The number of amidine groups is 1. The van der Waals surface area contributed by atoms with Gasteiger partial charge in [0.15, 0.2) is 0 Å². The van der Waals surface area contributed by atoms with E-state index in [1.807, 2.05) is 6.07 Å². The average Bonchev–Trinajstić information content (AvgIpc) is 2.93. The maximum Gasteiger partial charge on any atom is 0.137 e. The first kappa shape index (κ1) is 18.0. The molecule has 0 saturated heterocycles. The Morgan fingerprint density at radius 1 is 1.20 bits per heavy atom. The predicted octanol–water partition coefficient (Wildman–Crippen LogP) is 5.12. The summed E-state index contributed by atoms with van der Waals surface area (Å²) >= 11 is 1.56. The minimum absolute atomic E-state index is 0.0739. The number of thioether (sulfide) groups is 1. The van der Waals surface area contributed by atoms with Gasteiger partial charge >= 0.3 is 0 Å². The summed E-state index contributed by atoms with van der Waals surface area (Å²) in [4.78, 5) is 5.26. The quantitative estimate of drug-likeness (QED) is 0.752. The highest BCUT2D eigenvalue weighted by Gasteiger charge is 2.27. The number of hydrogen-bond acceptors (Lipinski definition) is 3. The van der Waals surface area contributed by atoms with Gasteiger partial charge in [-0.05, 0) is 50.5 Å². The van der Waals surface area contributed by atoms with Gasteiger partial charge in [-0.15, -0.1) is 11.8 Å². The lowest BCUT2D eigenvalue weighted by atomic mass is 10.0. The molecule has 0 fully saturated rings. The van der Waals surface area contributed by atoms with E-state index in [4.69, 9.17) is 0 Å². The van der Waals surface area contributed by atoms with E-state index in [-0.39, 0.29) is 11.4 Å². The molecule has 0 atom stereocenters. The van der Waals surface area contributed by atoms with Gasteiger partial charge < -0.3 is 5.32 Å². The van der Waals surface area contributed by atoms with Gasteiger partial charge in [0.05, 0.1) is 17.0 Å². The van der Waals surface area contributed by atoms with E-state index in [2.05, 4.69) is 56.2 Å². The highest BCUT2D eigenvalue weighted by Crippen LogP contribution is 2.32. The van der Waals surface area contributed by atoms with Crippen molar-refractivity contribution in [2.45, 2.75) is 50.3 Å². The molecule has 0 aromatic heterocycles. The van der Waals surface area contributed by atoms with Crippen LogP contribution in [-0.4, -0.2) is 17.9 Å². The standard InChI is InChI=1S/C21H25FN2S/c1-5-15-10-9-14(2)11-16(15)12-25-19-17(7-6-8-18(19)22)20-23-13-21(3,4)24-20/h6-11H,5,12-13H2,1-4H3,(H,23,24). The van der Waals surface area contributed by atoms with E-state index in [0.29, 0.717) is 11.4 Å². The van der Waals surface area contributed by atoms with Crippen LogP contribution in [0.25, 0.3) is 0 Å². The lowest BCUT2D eigenvalue weighted by Gasteiger charge is -2.19. The maximum absolute atomic E-state index is 14.6. The molecule has 4 heteroatoms. The van der Waals surface area contributed by atoms with Gasteiger partial charge in [-0.1, -0.05) is 36.8 Å². The van der Waals surface area contributed by atoms with E-state index in [1.54, 1.807) is 17.8 Å². The van der Waals surface area contributed by atoms with Crippen LogP contribution in [0, 0.1) is 12.7 Å². The van der Waals surface area contributed by atoms with Crippen molar-refractivity contribution >= 4 is 17.6 Å². The van der Waals surface area contributed by atoms with Crippen LogP contribution >= 0.6 is 11.8 Å². The molecule has 0 radical (unpaired) electrons. The number of nitrogens with zero attached hydrogens (tertiary/aromatic N) is 1. The topological polar surface area (TPSA) is 24.4 Å². The fourth-order valence-electron chi connectivity index (χ4n) is 3.05.